The summed E-state index contributed by atoms with van der Waals surface area (Å²) in [6.07, 6.45) is 0. The molecule has 1 aliphatic heterocycles. The van der Waals surface area contributed by atoms with Gasteiger partial charge in [0.05, 0.1) is 11.4 Å². The normalized spacial score (nSPS) is 18.7. The lowest BCUT2D eigenvalue weighted by molar-refractivity contribution is 0.100. The fraction of sp³-hybridized carbons (Fsp3) is 0.462. The summed E-state index contributed by atoms with van der Waals surface area (Å²) in [5, 5.41) is 0. The van der Waals surface area contributed by atoms with Crippen molar-refractivity contribution in [1.29, 1.82) is 0 Å². The van der Waals surface area contributed by atoms with E-state index in [0.29, 0.717) is 11.3 Å². The van der Waals surface area contributed by atoms with Crippen LogP contribution >= 0.6 is 11.8 Å². The number of rotatable bonds is 2. The smallest absolute Gasteiger partial charge is 0.248 e. The van der Waals surface area contributed by atoms with E-state index in [0.717, 1.165) is 24.5 Å². The van der Waals surface area contributed by atoms with Crippen LogP contribution in [0.25, 0.3) is 0 Å². The highest BCUT2D eigenvalue weighted by Crippen LogP contribution is 2.34. The van der Waals surface area contributed by atoms with Crippen LogP contribution in [0.4, 0.5) is 11.4 Å². The number of nitrogens with zero attached hydrogens (tertiary/aromatic N) is 1. The highest BCUT2D eigenvalue weighted by Gasteiger charge is 2.28. The molecule has 2 rings (SSSR count). The van der Waals surface area contributed by atoms with Crippen LogP contribution in [-0.4, -0.2) is 29.5 Å². The van der Waals surface area contributed by atoms with E-state index < -0.39 is 5.91 Å². The number of hydrogen-bond donors (Lipinski definition) is 2. The Kier molecular flexibility index (Phi) is 3.43. The van der Waals surface area contributed by atoms with Crippen molar-refractivity contribution < 1.29 is 4.79 Å². The minimum atomic E-state index is -0.415. The zero-order chi connectivity index (χ0) is 13.3. The van der Waals surface area contributed by atoms with Gasteiger partial charge in [0.1, 0.15) is 0 Å². The number of carbonyl (C=O) groups excluding carboxylic acids is 1. The predicted octanol–water partition coefficient (Wildman–Crippen LogP) is 1.70. The Bertz CT molecular complexity index is 473. The Labute approximate surface area is 112 Å². The molecule has 0 aromatic heterocycles. The molecule has 98 valence electrons. The van der Waals surface area contributed by atoms with Crippen molar-refractivity contribution in [1.82, 2.24) is 0 Å². The first-order valence-corrected chi connectivity index (χ1v) is 6.96. The molecule has 4 nitrogen and oxygen atoms in total. The SMILES string of the molecule is CC1(C)CN(c2cc(C(N)=O)ccc2N)CCS1. The maximum absolute atomic E-state index is 11.2. The molecule has 0 spiro atoms. The zero-order valence-corrected chi connectivity index (χ0v) is 11.6. The number of benzene rings is 1. The van der Waals surface area contributed by atoms with Gasteiger partial charge in [0, 0.05) is 29.2 Å². The number of hydrogen-bond acceptors (Lipinski definition) is 4. The van der Waals surface area contributed by atoms with Crippen LogP contribution in [0.2, 0.25) is 0 Å². The highest BCUT2D eigenvalue weighted by atomic mass is 32.2. The topological polar surface area (TPSA) is 72.3 Å². The van der Waals surface area contributed by atoms with Gasteiger partial charge in [0.25, 0.3) is 0 Å². The minimum absolute atomic E-state index is 0.202. The lowest BCUT2D eigenvalue weighted by Gasteiger charge is -2.39. The van der Waals surface area contributed by atoms with Crippen molar-refractivity contribution in [3.05, 3.63) is 23.8 Å². The average molecular weight is 265 g/mol. The van der Waals surface area contributed by atoms with E-state index >= 15 is 0 Å². The summed E-state index contributed by atoms with van der Waals surface area (Å²) < 4.78 is 0.202. The van der Waals surface area contributed by atoms with Crippen LogP contribution < -0.4 is 16.4 Å². The second-order valence-electron chi connectivity index (χ2n) is 5.17. The van der Waals surface area contributed by atoms with E-state index in [-0.39, 0.29) is 4.75 Å². The van der Waals surface area contributed by atoms with E-state index in [1.165, 1.54) is 0 Å². The lowest BCUT2D eigenvalue weighted by Crippen LogP contribution is -2.43. The summed E-state index contributed by atoms with van der Waals surface area (Å²) >= 11 is 1.96. The number of nitrogens with two attached hydrogens (primary N) is 2. The van der Waals surface area contributed by atoms with E-state index in [1.807, 2.05) is 11.8 Å². The molecule has 0 aliphatic carbocycles. The van der Waals surface area contributed by atoms with Gasteiger partial charge in [0.15, 0.2) is 0 Å². The molecule has 1 amide bonds. The van der Waals surface area contributed by atoms with Gasteiger partial charge in [-0.15, -0.1) is 0 Å². The van der Waals surface area contributed by atoms with Crippen molar-refractivity contribution >= 4 is 29.0 Å². The Morgan fingerprint density at radius 1 is 1.44 bits per heavy atom. The first kappa shape index (κ1) is 13.1. The second kappa shape index (κ2) is 4.72. The summed E-state index contributed by atoms with van der Waals surface area (Å²) in [5.41, 5.74) is 13.4. The van der Waals surface area contributed by atoms with Crippen LogP contribution in [0.5, 0.6) is 0 Å². The Morgan fingerprint density at radius 2 is 2.17 bits per heavy atom. The van der Waals surface area contributed by atoms with Crippen molar-refractivity contribution in [2.45, 2.75) is 18.6 Å². The molecule has 0 unspecified atom stereocenters. The van der Waals surface area contributed by atoms with E-state index in [1.54, 1.807) is 18.2 Å². The van der Waals surface area contributed by atoms with Crippen LogP contribution in [0.1, 0.15) is 24.2 Å². The molecule has 0 radical (unpaired) electrons. The summed E-state index contributed by atoms with van der Waals surface area (Å²) in [5.74, 6) is 0.648. The van der Waals surface area contributed by atoms with Crippen molar-refractivity contribution in [3.63, 3.8) is 0 Å². The Hall–Kier alpha value is -1.36. The third kappa shape index (κ3) is 2.72. The molecular formula is C13H19N3OS. The number of thioether (sulfide) groups is 1. The summed E-state index contributed by atoms with van der Waals surface area (Å²) in [6, 6.07) is 5.22. The summed E-state index contributed by atoms with van der Waals surface area (Å²) in [4.78, 5) is 13.5. The largest absolute Gasteiger partial charge is 0.397 e. The maximum Gasteiger partial charge on any atom is 0.248 e. The molecule has 1 aromatic rings. The fourth-order valence-corrected chi connectivity index (χ4v) is 3.30. The lowest BCUT2D eigenvalue weighted by atomic mass is 10.1. The zero-order valence-electron chi connectivity index (χ0n) is 10.8. The van der Waals surface area contributed by atoms with Gasteiger partial charge in [0.2, 0.25) is 5.91 Å². The molecule has 1 fully saturated rings. The number of anilines is 2. The van der Waals surface area contributed by atoms with E-state index in [2.05, 4.69) is 18.7 Å². The van der Waals surface area contributed by atoms with Gasteiger partial charge >= 0.3 is 0 Å². The minimum Gasteiger partial charge on any atom is -0.397 e. The van der Waals surface area contributed by atoms with Crippen LogP contribution in [0, 0.1) is 0 Å². The van der Waals surface area contributed by atoms with Gasteiger partial charge in [-0.3, -0.25) is 4.79 Å². The number of primary amides is 1. The van der Waals surface area contributed by atoms with Gasteiger partial charge < -0.3 is 16.4 Å². The molecule has 5 heteroatoms. The maximum atomic E-state index is 11.2. The third-order valence-electron chi connectivity index (χ3n) is 3.08. The van der Waals surface area contributed by atoms with Crippen molar-refractivity contribution in [2.75, 3.05) is 29.5 Å². The van der Waals surface area contributed by atoms with Gasteiger partial charge in [-0.2, -0.15) is 11.8 Å². The molecule has 1 saturated heterocycles. The first-order chi connectivity index (χ1) is 8.39. The Morgan fingerprint density at radius 3 is 2.78 bits per heavy atom. The quantitative estimate of drug-likeness (QED) is 0.798. The predicted molar refractivity (Wildman–Crippen MR) is 78.1 cm³/mol. The molecule has 0 atom stereocenters. The summed E-state index contributed by atoms with van der Waals surface area (Å²) in [7, 11) is 0. The molecule has 1 aromatic carbocycles. The van der Waals surface area contributed by atoms with Crippen LogP contribution in [0.3, 0.4) is 0 Å². The van der Waals surface area contributed by atoms with Gasteiger partial charge in [-0.05, 0) is 32.0 Å². The van der Waals surface area contributed by atoms with Gasteiger partial charge in [-0.25, -0.2) is 0 Å². The number of nitrogen functional groups attached to an aromatic ring is 1. The third-order valence-corrected chi connectivity index (χ3v) is 4.38. The molecule has 0 bridgehead atoms. The molecule has 1 heterocycles. The van der Waals surface area contributed by atoms with Crippen molar-refractivity contribution in [2.24, 2.45) is 5.73 Å². The number of carbonyl (C=O) groups is 1. The van der Waals surface area contributed by atoms with Gasteiger partial charge in [-0.1, -0.05) is 0 Å². The molecule has 18 heavy (non-hydrogen) atoms. The Balaban J connectivity index is 2.32. The standard InChI is InChI=1S/C13H19N3OS/c1-13(2)8-16(5-6-18-13)11-7-9(12(15)17)3-4-10(11)14/h3-4,7H,5-6,8,14H2,1-2H3,(H2,15,17). The molecule has 1 aliphatic rings. The average Bonchev–Trinajstić information content (AvgIpc) is 2.27. The molecule has 4 N–H and O–H groups in total. The van der Waals surface area contributed by atoms with Crippen LogP contribution in [-0.2, 0) is 0 Å². The van der Waals surface area contributed by atoms with E-state index in [4.69, 9.17) is 11.5 Å². The summed E-state index contributed by atoms with van der Waals surface area (Å²) in [6.45, 7) is 6.31. The second-order valence-corrected chi connectivity index (χ2v) is 6.97. The van der Waals surface area contributed by atoms with Crippen LogP contribution in [0.15, 0.2) is 18.2 Å². The first-order valence-electron chi connectivity index (χ1n) is 5.97. The molecule has 0 saturated carbocycles. The number of amides is 1. The fourth-order valence-electron chi connectivity index (χ4n) is 2.19. The van der Waals surface area contributed by atoms with Crippen molar-refractivity contribution in [3.8, 4) is 0 Å². The van der Waals surface area contributed by atoms with E-state index in [9.17, 15) is 4.79 Å². The highest BCUT2D eigenvalue weighted by molar-refractivity contribution is 8.00. The monoisotopic (exact) mass is 265 g/mol. The molecular weight excluding hydrogens is 246 g/mol.